The van der Waals surface area contributed by atoms with Gasteiger partial charge in [-0.25, -0.2) is 0 Å². The van der Waals surface area contributed by atoms with Crippen LogP contribution in [0.1, 0.15) is 70.8 Å². The first-order chi connectivity index (χ1) is 13.6. The van der Waals surface area contributed by atoms with Gasteiger partial charge in [0.15, 0.2) is 0 Å². The fourth-order valence-corrected chi connectivity index (χ4v) is 5.83. The summed E-state index contributed by atoms with van der Waals surface area (Å²) in [4.78, 5) is 12.7. The van der Waals surface area contributed by atoms with Crippen LogP contribution in [0.15, 0.2) is 30.3 Å². The number of ether oxygens (including phenoxy) is 1. The summed E-state index contributed by atoms with van der Waals surface area (Å²) in [7, 11) is 0. The van der Waals surface area contributed by atoms with Crippen LogP contribution in [-0.4, -0.2) is 18.5 Å². The van der Waals surface area contributed by atoms with E-state index >= 15 is 0 Å². The van der Waals surface area contributed by atoms with Gasteiger partial charge in [-0.1, -0.05) is 56.7 Å². The van der Waals surface area contributed by atoms with Crippen LogP contribution in [0.4, 0.5) is 0 Å². The lowest BCUT2D eigenvalue weighted by Crippen LogP contribution is -2.53. The summed E-state index contributed by atoms with van der Waals surface area (Å²) in [5.74, 6) is 9.26. The standard InChI is InChI=1S/C26H34O2/c1-26(2)21-15-14-20(23(26)17-21)18-28-25(16-13-19-9-5-3-6-10-19)22-11-7-4-8-12-24(22)27/h3,5-6,9-10,20-23,25H,4,7-8,11-12,14-15,17-18H2,1-2H3/t20-,21+,22-,23+,25-/m0/s1. The molecular weight excluding hydrogens is 344 g/mol. The monoisotopic (exact) mass is 378 g/mol. The quantitative estimate of drug-likeness (QED) is 0.500. The van der Waals surface area contributed by atoms with Gasteiger partial charge in [0, 0.05) is 12.0 Å². The predicted molar refractivity (Wildman–Crippen MR) is 113 cm³/mol. The minimum Gasteiger partial charge on any atom is -0.364 e. The topological polar surface area (TPSA) is 26.3 Å². The van der Waals surface area contributed by atoms with Gasteiger partial charge in [-0.15, -0.1) is 0 Å². The Balaban J connectivity index is 1.48. The van der Waals surface area contributed by atoms with Crippen LogP contribution >= 0.6 is 0 Å². The van der Waals surface area contributed by atoms with Crippen molar-refractivity contribution in [1.29, 1.82) is 0 Å². The number of rotatable bonds is 4. The minimum atomic E-state index is -0.258. The van der Waals surface area contributed by atoms with Crippen LogP contribution in [0.5, 0.6) is 0 Å². The molecule has 2 bridgehead atoms. The lowest BCUT2D eigenvalue weighted by molar-refractivity contribution is -0.137. The second kappa shape index (κ2) is 8.42. The Hall–Kier alpha value is -1.59. The average molecular weight is 379 g/mol. The van der Waals surface area contributed by atoms with E-state index in [4.69, 9.17) is 4.74 Å². The second-order valence-electron chi connectivity index (χ2n) is 9.76. The first-order valence-corrected chi connectivity index (χ1v) is 11.3. The molecule has 2 nitrogen and oxygen atoms in total. The van der Waals surface area contributed by atoms with Crippen molar-refractivity contribution in [2.24, 2.45) is 29.1 Å². The molecule has 4 saturated carbocycles. The Labute approximate surface area is 170 Å². The summed E-state index contributed by atoms with van der Waals surface area (Å²) >= 11 is 0. The third-order valence-corrected chi connectivity index (χ3v) is 7.84. The molecule has 4 aliphatic carbocycles. The molecule has 0 N–H and O–H groups in total. The largest absolute Gasteiger partial charge is 0.364 e. The van der Waals surface area contributed by atoms with Crippen molar-refractivity contribution < 1.29 is 9.53 Å². The van der Waals surface area contributed by atoms with Gasteiger partial charge < -0.3 is 4.74 Å². The molecule has 1 aromatic rings. The summed E-state index contributed by atoms with van der Waals surface area (Å²) in [5, 5.41) is 0. The van der Waals surface area contributed by atoms with E-state index in [2.05, 4.69) is 25.7 Å². The van der Waals surface area contributed by atoms with Crippen LogP contribution in [0, 0.1) is 40.9 Å². The zero-order valence-corrected chi connectivity index (χ0v) is 17.5. The molecule has 0 saturated heterocycles. The Bertz CT molecular complexity index is 737. The van der Waals surface area contributed by atoms with Gasteiger partial charge in [0.1, 0.15) is 11.9 Å². The Morgan fingerprint density at radius 1 is 1.11 bits per heavy atom. The molecule has 0 radical (unpaired) electrons. The average Bonchev–Trinajstić information content (AvgIpc) is 2.93. The summed E-state index contributed by atoms with van der Waals surface area (Å²) in [5.41, 5.74) is 1.47. The number of hydrogen-bond acceptors (Lipinski definition) is 2. The van der Waals surface area contributed by atoms with E-state index < -0.39 is 0 Å². The lowest BCUT2D eigenvalue weighted by atomic mass is 9.46. The van der Waals surface area contributed by atoms with Crippen molar-refractivity contribution in [3.05, 3.63) is 35.9 Å². The first-order valence-electron chi connectivity index (χ1n) is 11.3. The maximum absolute atomic E-state index is 12.7. The molecule has 5 atom stereocenters. The summed E-state index contributed by atoms with van der Waals surface area (Å²) in [6.07, 6.45) is 8.62. The van der Waals surface area contributed by atoms with E-state index in [0.29, 0.717) is 23.5 Å². The van der Waals surface area contributed by atoms with Crippen molar-refractivity contribution in [3.8, 4) is 11.8 Å². The zero-order chi connectivity index (χ0) is 19.6. The van der Waals surface area contributed by atoms with Gasteiger partial charge in [-0.3, -0.25) is 4.79 Å². The number of carbonyl (C=O) groups is 1. The predicted octanol–water partition coefficient (Wildman–Crippen LogP) is 5.65. The lowest BCUT2D eigenvalue weighted by Gasteiger charge is -2.60. The van der Waals surface area contributed by atoms with E-state index in [9.17, 15) is 4.79 Å². The minimum absolute atomic E-state index is 0.0514. The third-order valence-electron chi connectivity index (χ3n) is 7.84. The van der Waals surface area contributed by atoms with E-state index in [1.807, 2.05) is 30.3 Å². The fraction of sp³-hybridized carbons (Fsp3) is 0.654. The van der Waals surface area contributed by atoms with Crippen molar-refractivity contribution >= 4 is 5.78 Å². The number of carbonyl (C=O) groups excluding carboxylic acids is 1. The van der Waals surface area contributed by atoms with Crippen LogP contribution in [-0.2, 0) is 9.53 Å². The van der Waals surface area contributed by atoms with Crippen molar-refractivity contribution in [3.63, 3.8) is 0 Å². The molecule has 0 heterocycles. The fourth-order valence-electron chi connectivity index (χ4n) is 5.83. The van der Waals surface area contributed by atoms with Crippen LogP contribution in [0.3, 0.4) is 0 Å². The highest BCUT2D eigenvalue weighted by atomic mass is 16.5. The third kappa shape index (κ3) is 4.06. The second-order valence-corrected chi connectivity index (χ2v) is 9.76. The molecule has 0 aliphatic heterocycles. The molecule has 0 aromatic heterocycles. The number of ketones is 1. The van der Waals surface area contributed by atoms with Gasteiger partial charge in [-0.2, -0.15) is 0 Å². The molecule has 28 heavy (non-hydrogen) atoms. The molecule has 0 amide bonds. The molecule has 5 rings (SSSR count). The highest BCUT2D eigenvalue weighted by molar-refractivity contribution is 5.82. The van der Waals surface area contributed by atoms with Crippen LogP contribution < -0.4 is 0 Å². The molecular formula is C26H34O2. The Morgan fingerprint density at radius 2 is 1.93 bits per heavy atom. The highest BCUT2D eigenvalue weighted by Crippen LogP contribution is 2.61. The van der Waals surface area contributed by atoms with Crippen molar-refractivity contribution in [2.75, 3.05) is 6.61 Å². The van der Waals surface area contributed by atoms with E-state index in [-0.39, 0.29) is 12.0 Å². The van der Waals surface area contributed by atoms with Gasteiger partial charge in [0.2, 0.25) is 0 Å². The Morgan fingerprint density at radius 3 is 2.68 bits per heavy atom. The van der Waals surface area contributed by atoms with E-state index in [0.717, 1.165) is 49.7 Å². The molecule has 2 heteroatoms. The van der Waals surface area contributed by atoms with Gasteiger partial charge in [-0.05, 0) is 67.4 Å². The molecule has 150 valence electrons. The number of hydrogen-bond donors (Lipinski definition) is 0. The summed E-state index contributed by atoms with van der Waals surface area (Å²) in [6, 6.07) is 10.1. The van der Waals surface area contributed by atoms with Crippen molar-refractivity contribution in [1.82, 2.24) is 0 Å². The van der Waals surface area contributed by atoms with Gasteiger partial charge in [0.25, 0.3) is 0 Å². The first kappa shape index (κ1) is 19.7. The van der Waals surface area contributed by atoms with Gasteiger partial charge >= 0.3 is 0 Å². The number of fused-ring (bicyclic) bond motifs is 2. The summed E-state index contributed by atoms with van der Waals surface area (Å²) in [6.45, 7) is 5.62. The smallest absolute Gasteiger partial charge is 0.139 e. The molecule has 0 unspecified atom stereocenters. The van der Waals surface area contributed by atoms with Crippen LogP contribution in [0.2, 0.25) is 0 Å². The molecule has 0 spiro atoms. The number of Topliss-reactive ketones (excluding diaryl/α,β-unsaturated/α-hetero) is 1. The summed E-state index contributed by atoms with van der Waals surface area (Å²) < 4.78 is 6.46. The van der Waals surface area contributed by atoms with E-state index in [1.165, 1.54) is 19.3 Å². The number of benzene rings is 1. The maximum atomic E-state index is 12.7. The van der Waals surface area contributed by atoms with Crippen molar-refractivity contribution in [2.45, 2.75) is 71.3 Å². The zero-order valence-electron chi connectivity index (χ0n) is 17.5. The molecule has 1 aromatic carbocycles. The molecule has 4 aliphatic rings. The SMILES string of the molecule is CC1(C)[C@@H]2CC[C@@H](CO[C@@H](C#Cc3ccccc3)[C@H]3CCCCCC3=O)[C@H]1C2. The normalized spacial score (nSPS) is 32.4. The Kier molecular flexibility index (Phi) is 5.93. The van der Waals surface area contributed by atoms with Crippen LogP contribution in [0.25, 0.3) is 0 Å². The highest BCUT2D eigenvalue weighted by Gasteiger charge is 2.54. The molecule has 4 fully saturated rings. The van der Waals surface area contributed by atoms with Gasteiger partial charge in [0.05, 0.1) is 12.5 Å². The maximum Gasteiger partial charge on any atom is 0.139 e. The van der Waals surface area contributed by atoms with E-state index in [1.54, 1.807) is 0 Å².